The first-order valence-electron chi connectivity index (χ1n) is 8.55. The number of amides is 1. The van der Waals surface area contributed by atoms with Gasteiger partial charge in [0.05, 0.1) is 12.2 Å². The minimum Gasteiger partial charge on any atom is -0.357 e. The second-order valence-electron chi connectivity index (χ2n) is 6.06. The van der Waals surface area contributed by atoms with E-state index in [1.807, 2.05) is 42.9 Å². The molecule has 132 valence electrons. The smallest absolute Gasteiger partial charge is 0.225 e. The lowest BCUT2D eigenvalue weighted by atomic mass is 9.90. The van der Waals surface area contributed by atoms with E-state index >= 15 is 0 Å². The number of fused-ring (bicyclic) bond motifs is 1. The van der Waals surface area contributed by atoms with Crippen LogP contribution in [-0.2, 0) is 18.4 Å². The van der Waals surface area contributed by atoms with E-state index in [4.69, 9.17) is 0 Å². The number of guanidine groups is 1. The number of benzene rings is 1. The number of anilines is 1. The van der Waals surface area contributed by atoms with Crippen LogP contribution in [-0.4, -0.2) is 34.7 Å². The predicted octanol–water partition coefficient (Wildman–Crippen LogP) is 1.60. The Balaban J connectivity index is 1.67. The lowest BCUT2D eigenvalue weighted by molar-refractivity contribution is -0.116. The number of rotatable bonds is 5. The molecule has 1 aromatic heterocycles. The van der Waals surface area contributed by atoms with Crippen molar-refractivity contribution in [2.75, 3.05) is 18.4 Å². The van der Waals surface area contributed by atoms with Gasteiger partial charge in [-0.15, -0.1) is 0 Å². The summed E-state index contributed by atoms with van der Waals surface area (Å²) in [7, 11) is 1.91. The molecular weight excluding hydrogens is 316 g/mol. The van der Waals surface area contributed by atoms with Gasteiger partial charge in [-0.1, -0.05) is 18.2 Å². The van der Waals surface area contributed by atoms with E-state index in [1.165, 1.54) is 0 Å². The highest BCUT2D eigenvalue weighted by Crippen LogP contribution is 2.31. The van der Waals surface area contributed by atoms with Crippen LogP contribution in [0.4, 0.5) is 5.69 Å². The van der Waals surface area contributed by atoms with Crippen LogP contribution in [0.3, 0.4) is 0 Å². The van der Waals surface area contributed by atoms with E-state index < -0.39 is 0 Å². The Kier molecular flexibility index (Phi) is 5.33. The molecule has 0 spiro atoms. The van der Waals surface area contributed by atoms with Crippen LogP contribution in [0.1, 0.15) is 30.5 Å². The lowest BCUT2D eigenvalue weighted by Gasteiger charge is -2.26. The van der Waals surface area contributed by atoms with Crippen molar-refractivity contribution in [3.8, 4) is 0 Å². The van der Waals surface area contributed by atoms with Gasteiger partial charge in [0.25, 0.3) is 0 Å². The third kappa shape index (κ3) is 4.17. The molecule has 1 aliphatic rings. The summed E-state index contributed by atoms with van der Waals surface area (Å²) < 4.78 is 1.81. The molecule has 0 fully saturated rings. The lowest BCUT2D eigenvalue weighted by Crippen LogP contribution is -2.40. The number of aromatic nitrogens is 2. The molecule has 1 atom stereocenters. The average Bonchev–Trinajstić information content (AvgIpc) is 3.02. The number of nitrogens with zero attached hydrogens (tertiary/aromatic N) is 3. The Morgan fingerprint density at radius 3 is 2.96 bits per heavy atom. The maximum absolute atomic E-state index is 11.9. The molecule has 0 saturated carbocycles. The molecule has 7 heteroatoms. The van der Waals surface area contributed by atoms with E-state index in [-0.39, 0.29) is 11.8 Å². The van der Waals surface area contributed by atoms with Gasteiger partial charge in [-0.2, -0.15) is 5.10 Å². The van der Waals surface area contributed by atoms with Crippen molar-refractivity contribution in [2.24, 2.45) is 12.0 Å². The number of hydrogen-bond acceptors (Lipinski definition) is 3. The van der Waals surface area contributed by atoms with Crippen LogP contribution in [0.2, 0.25) is 0 Å². The van der Waals surface area contributed by atoms with Gasteiger partial charge in [-0.3, -0.25) is 9.48 Å². The molecule has 2 aromatic rings. The van der Waals surface area contributed by atoms with Crippen LogP contribution in [0.15, 0.2) is 41.5 Å². The first-order valence-corrected chi connectivity index (χ1v) is 8.55. The number of para-hydroxylation sites is 1. The highest BCUT2D eigenvalue weighted by molar-refractivity contribution is 5.94. The molecule has 1 aromatic carbocycles. The summed E-state index contributed by atoms with van der Waals surface area (Å²) in [6, 6.07) is 9.91. The summed E-state index contributed by atoms with van der Waals surface area (Å²) in [5, 5.41) is 13.7. The maximum Gasteiger partial charge on any atom is 0.225 e. The summed E-state index contributed by atoms with van der Waals surface area (Å²) in [4.78, 5) is 16.5. The van der Waals surface area contributed by atoms with Crippen molar-refractivity contribution in [2.45, 2.75) is 25.8 Å². The van der Waals surface area contributed by atoms with E-state index in [1.54, 1.807) is 6.20 Å². The largest absolute Gasteiger partial charge is 0.357 e. The van der Waals surface area contributed by atoms with Crippen molar-refractivity contribution in [3.63, 3.8) is 0 Å². The molecule has 25 heavy (non-hydrogen) atoms. The molecule has 1 aliphatic heterocycles. The summed E-state index contributed by atoms with van der Waals surface area (Å²) in [6.45, 7) is 4.01. The van der Waals surface area contributed by atoms with Crippen LogP contribution in [0.25, 0.3) is 0 Å². The highest BCUT2D eigenvalue weighted by atomic mass is 16.1. The van der Waals surface area contributed by atoms with Gasteiger partial charge >= 0.3 is 0 Å². The fourth-order valence-corrected chi connectivity index (χ4v) is 2.96. The number of aliphatic imine (C=N–C) groups is 1. The SMILES string of the molecule is CCNC(=NCc1ccnn1C)NCC1CC(=O)Nc2ccccc21. The molecule has 3 rings (SSSR count). The quantitative estimate of drug-likeness (QED) is 0.570. The minimum absolute atomic E-state index is 0.0577. The molecule has 7 nitrogen and oxygen atoms in total. The molecule has 2 heterocycles. The number of hydrogen-bond donors (Lipinski definition) is 3. The zero-order chi connectivity index (χ0) is 17.6. The van der Waals surface area contributed by atoms with Crippen molar-refractivity contribution >= 4 is 17.6 Å². The monoisotopic (exact) mass is 340 g/mol. The van der Waals surface area contributed by atoms with E-state index in [9.17, 15) is 4.79 Å². The number of carbonyl (C=O) groups is 1. The van der Waals surface area contributed by atoms with Gasteiger partial charge in [0.1, 0.15) is 0 Å². The average molecular weight is 340 g/mol. The highest BCUT2D eigenvalue weighted by Gasteiger charge is 2.24. The summed E-state index contributed by atoms with van der Waals surface area (Å²) in [5.41, 5.74) is 3.11. The maximum atomic E-state index is 11.9. The Bertz CT molecular complexity index is 766. The molecule has 0 bridgehead atoms. The van der Waals surface area contributed by atoms with Gasteiger partial charge in [0, 0.05) is 44.4 Å². The molecule has 1 amide bonds. The summed E-state index contributed by atoms with van der Waals surface area (Å²) in [6.07, 6.45) is 2.24. The Hall–Kier alpha value is -2.83. The zero-order valence-corrected chi connectivity index (χ0v) is 14.6. The third-order valence-electron chi connectivity index (χ3n) is 4.29. The van der Waals surface area contributed by atoms with Gasteiger partial charge in [0.15, 0.2) is 5.96 Å². The first-order chi connectivity index (χ1) is 12.2. The fraction of sp³-hybridized carbons (Fsp3) is 0.389. The van der Waals surface area contributed by atoms with Crippen LogP contribution >= 0.6 is 0 Å². The second kappa shape index (κ2) is 7.83. The molecule has 1 unspecified atom stereocenters. The Morgan fingerprint density at radius 1 is 1.36 bits per heavy atom. The minimum atomic E-state index is 0.0577. The van der Waals surface area contributed by atoms with Crippen LogP contribution < -0.4 is 16.0 Å². The van der Waals surface area contributed by atoms with E-state index in [2.05, 4.69) is 32.1 Å². The summed E-state index contributed by atoms with van der Waals surface area (Å²) >= 11 is 0. The van der Waals surface area contributed by atoms with Gasteiger partial charge < -0.3 is 16.0 Å². The Labute approximate surface area is 147 Å². The van der Waals surface area contributed by atoms with Gasteiger partial charge in [0.2, 0.25) is 5.91 Å². The van der Waals surface area contributed by atoms with Gasteiger partial charge in [-0.25, -0.2) is 4.99 Å². The van der Waals surface area contributed by atoms with Crippen molar-refractivity contribution < 1.29 is 4.79 Å². The van der Waals surface area contributed by atoms with Crippen molar-refractivity contribution in [1.29, 1.82) is 0 Å². The predicted molar refractivity (Wildman–Crippen MR) is 98.5 cm³/mol. The van der Waals surface area contributed by atoms with Gasteiger partial charge in [-0.05, 0) is 24.6 Å². The normalized spacial score (nSPS) is 17.0. The fourth-order valence-electron chi connectivity index (χ4n) is 2.96. The number of carbonyl (C=O) groups excluding carboxylic acids is 1. The molecule has 3 N–H and O–H groups in total. The van der Waals surface area contributed by atoms with Crippen molar-refractivity contribution in [3.05, 3.63) is 47.8 Å². The van der Waals surface area contributed by atoms with Crippen molar-refractivity contribution in [1.82, 2.24) is 20.4 Å². The summed E-state index contributed by atoms with van der Waals surface area (Å²) in [5.74, 6) is 0.931. The second-order valence-corrected chi connectivity index (χ2v) is 6.06. The van der Waals surface area contributed by atoms with Crippen LogP contribution in [0, 0.1) is 0 Å². The molecule has 0 saturated heterocycles. The molecule has 0 aliphatic carbocycles. The molecule has 0 radical (unpaired) electrons. The molecular formula is C18H24N6O. The number of aryl methyl sites for hydroxylation is 1. The van der Waals surface area contributed by atoms with E-state index in [0.29, 0.717) is 19.5 Å². The van der Waals surface area contributed by atoms with E-state index in [0.717, 1.165) is 29.4 Å². The third-order valence-corrected chi connectivity index (χ3v) is 4.29. The Morgan fingerprint density at radius 2 is 2.20 bits per heavy atom. The standard InChI is InChI=1S/C18H24N6O/c1-3-19-18(21-12-14-8-9-22-24(14)2)20-11-13-10-17(25)23-16-7-5-4-6-15(13)16/h4-9,13H,3,10-12H2,1-2H3,(H,23,25)(H2,19,20,21). The zero-order valence-electron chi connectivity index (χ0n) is 14.6. The number of nitrogens with one attached hydrogen (secondary N) is 3. The topological polar surface area (TPSA) is 83.3 Å². The first kappa shape index (κ1) is 17.0. The van der Waals surface area contributed by atoms with Crippen LogP contribution in [0.5, 0.6) is 0 Å².